The van der Waals surface area contributed by atoms with Gasteiger partial charge in [0.25, 0.3) is 0 Å². The molecule has 5 aromatic rings. The Bertz CT molecular complexity index is 2710. The van der Waals surface area contributed by atoms with Crippen molar-refractivity contribution in [1.29, 1.82) is 0 Å². The highest BCUT2D eigenvalue weighted by Gasteiger charge is 2.68. The molecule has 12 heteroatoms. The van der Waals surface area contributed by atoms with Gasteiger partial charge in [-0.3, -0.25) is 28.8 Å². The molecule has 286 valence electrons. The minimum atomic E-state index is -1.27. The van der Waals surface area contributed by atoms with Crippen LogP contribution in [0, 0.1) is 41.9 Å². The first-order valence-corrected chi connectivity index (χ1v) is 20.2. The summed E-state index contributed by atoms with van der Waals surface area (Å²) >= 11 is 7.91. The van der Waals surface area contributed by atoms with Crippen LogP contribution < -0.4 is 14.5 Å². The molecule has 6 atom stereocenters. The van der Waals surface area contributed by atoms with E-state index in [1.54, 1.807) is 71.8 Å². The normalized spacial score (nSPS) is 26.5. The summed E-state index contributed by atoms with van der Waals surface area (Å²) in [6.07, 6.45) is 6.29. The van der Waals surface area contributed by atoms with Crippen molar-refractivity contribution in [3.05, 3.63) is 119 Å². The van der Waals surface area contributed by atoms with Gasteiger partial charge in [0.15, 0.2) is 0 Å². The monoisotopic (exact) mass is 796 g/mol. The number of anilines is 2. The fraction of sp³-hybridized carbons (Fsp3) is 0.267. The molecule has 2 aromatic heterocycles. The van der Waals surface area contributed by atoms with Crippen molar-refractivity contribution in [2.24, 2.45) is 42.1 Å². The molecule has 2 saturated heterocycles. The van der Waals surface area contributed by atoms with Gasteiger partial charge in [-0.05, 0) is 103 Å². The van der Waals surface area contributed by atoms with Crippen molar-refractivity contribution in [2.45, 2.75) is 33.1 Å². The highest BCUT2D eigenvalue weighted by Crippen LogP contribution is 2.63. The summed E-state index contributed by atoms with van der Waals surface area (Å²) in [5.74, 6) is -3.53. The summed E-state index contributed by atoms with van der Waals surface area (Å²) in [4.78, 5) is 62.4. The molecule has 5 heterocycles. The van der Waals surface area contributed by atoms with Gasteiger partial charge in [-0.15, -0.1) is 11.3 Å². The van der Waals surface area contributed by atoms with E-state index < -0.39 is 35.0 Å². The Morgan fingerprint density at radius 2 is 1.77 bits per heavy atom. The average Bonchev–Trinajstić information content (AvgIpc) is 3.87. The zero-order valence-corrected chi connectivity index (χ0v) is 32.9. The number of hydrogen-bond acceptors (Lipinski definition) is 8. The topological polar surface area (TPSA) is 122 Å². The smallest absolute Gasteiger partial charge is 0.242 e. The second-order valence-electron chi connectivity index (χ2n) is 16.0. The van der Waals surface area contributed by atoms with Gasteiger partial charge in [0.2, 0.25) is 23.6 Å². The molecule has 1 N–H and O–H groups in total. The highest BCUT2D eigenvalue weighted by atomic mass is 35.5. The lowest BCUT2D eigenvalue weighted by molar-refractivity contribution is -0.132. The Morgan fingerprint density at radius 3 is 2.54 bits per heavy atom. The number of phenols is 1. The zero-order valence-electron chi connectivity index (χ0n) is 31.4. The number of aromatic hydroxyl groups is 1. The number of phenolic OH excluding ortho intramolecular Hbond substituents is 1. The van der Waals surface area contributed by atoms with Crippen LogP contribution in [0.15, 0.2) is 96.8 Å². The standard InChI is InChI=1S/C45H37ClN4O6S/c1-5-23-6-9-27(10-7-23)49-41(52)30-13-12-29-32(38(30)43(49)54)19-33-42(53)50(37-20-34(47-48(37)4)40-22(2)31-18-26(46)8-15-36(31)57-40)44(55)45(33,3)39(29)25-16-24-17-28(51)11-14-35(24)56-21-25/h5-12,14-15,17-18,20-21,30,32-33,38-39,51H,1,13,16,19H2,2-4H3/t30-,32+,33-,38-,39-,45+/m0/s1. The van der Waals surface area contributed by atoms with Crippen LogP contribution in [0.1, 0.15) is 36.5 Å². The third-order valence-corrected chi connectivity index (χ3v) is 14.6. The van der Waals surface area contributed by atoms with Crippen molar-refractivity contribution < 1.29 is 29.0 Å². The highest BCUT2D eigenvalue weighted by molar-refractivity contribution is 7.22. The van der Waals surface area contributed by atoms with E-state index >= 15 is 9.59 Å². The average molecular weight is 797 g/mol. The largest absolute Gasteiger partial charge is 0.508 e. The van der Waals surface area contributed by atoms with Gasteiger partial charge < -0.3 is 9.84 Å². The van der Waals surface area contributed by atoms with Crippen LogP contribution >= 0.6 is 22.9 Å². The molecule has 10 rings (SSSR count). The first-order valence-electron chi connectivity index (χ1n) is 19.0. The van der Waals surface area contributed by atoms with Crippen molar-refractivity contribution in [3.8, 4) is 22.1 Å². The third kappa shape index (κ3) is 5.04. The molecule has 3 aromatic carbocycles. The van der Waals surface area contributed by atoms with Crippen LogP contribution in [0.3, 0.4) is 0 Å². The molecule has 5 aliphatic rings. The second-order valence-corrected chi connectivity index (χ2v) is 17.4. The van der Waals surface area contributed by atoms with Gasteiger partial charge in [-0.25, -0.2) is 4.90 Å². The van der Waals surface area contributed by atoms with E-state index in [4.69, 9.17) is 21.4 Å². The van der Waals surface area contributed by atoms with Crippen LogP contribution in [0.2, 0.25) is 5.02 Å². The Morgan fingerprint density at radius 1 is 0.982 bits per heavy atom. The fourth-order valence-corrected chi connectivity index (χ4v) is 11.6. The Hall–Kier alpha value is -5.78. The Kier molecular flexibility index (Phi) is 7.88. The zero-order chi connectivity index (χ0) is 39.7. The summed E-state index contributed by atoms with van der Waals surface area (Å²) in [7, 11) is 1.73. The predicted octanol–water partition coefficient (Wildman–Crippen LogP) is 8.40. The van der Waals surface area contributed by atoms with Crippen LogP contribution in [-0.2, 0) is 32.6 Å². The lowest BCUT2D eigenvalue weighted by atomic mass is 9.51. The van der Waals surface area contributed by atoms with E-state index in [1.807, 2.05) is 50.3 Å². The number of hydrogen-bond donors (Lipinski definition) is 1. The van der Waals surface area contributed by atoms with Gasteiger partial charge in [0.05, 0.1) is 40.0 Å². The SMILES string of the molecule is C=Cc1ccc(N2C(=O)[C@H]3[C@H](CC=C4[C@H](C5=COc6ccc(O)cc6C5)[C@]5(C)C(=O)N(c6cc(-c7sc8ccc(Cl)cc8c7C)nn6C)C(=O)[C@@H]5C[C@H]43)C2=O)cc1. The van der Waals surface area contributed by atoms with E-state index in [0.29, 0.717) is 40.8 Å². The Labute approximate surface area is 337 Å². The molecule has 2 aliphatic carbocycles. The number of halogens is 1. The molecular weight excluding hydrogens is 760 g/mol. The number of carbonyl (C=O) groups excluding carboxylic acids is 4. The number of fused-ring (bicyclic) bond motifs is 6. The van der Waals surface area contributed by atoms with Crippen molar-refractivity contribution in [3.63, 3.8) is 0 Å². The molecule has 0 unspecified atom stereocenters. The number of amides is 4. The number of thiophene rings is 1. The molecular formula is C45H37ClN4O6S. The lowest BCUT2D eigenvalue weighted by Crippen LogP contribution is -2.51. The summed E-state index contributed by atoms with van der Waals surface area (Å²) in [6, 6.07) is 19.6. The van der Waals surface area contributed by atoms with Gasteiger partial charge in [-0.1, -0.05) is 48.0 Å². The molecule has 3 aliphatic heterocycles. The number of benzene rings is 3. The summed E-state index contributed by atoms with van der Waals surface area (Å²) < 4.78 is 8.79. The molecule has 0 bridgehead atoms. The molecule has 4 amide bonds. The van der Waals surface area contributed by atoms with Gasteiger partial charge in [0, 0.05) is 40.7 Å². The first-order chi connectivity index (χ1) is 27.4. The number of allylic oxidation sites excluding steroid dienone is 3. The number of carbonyl (C=O) groups is 4. The minimum Gasteiger partial charge on any atom is -0.508 e. The second kappa shape index (κ2) is 12.6. The molecule has 1 saturated carbocycles. The van der Waals surface area contributed by atoms with Crippen LogP contribution in [0.4, 0.5) is 11.5 Å². The van der Waals surface area contributed by atoms with E-state index in [9.17, 15) is 14.7 Å². The number of nitrogens with zero attached hydrogens (tertiary/aromatic N) is 4. The van der Waals surface area contributed by atoms with Crippen molar-refractivity contribution >= 4 is 74.2 Å². The lowest BCUT2D eigenvalue weighted by Gasteiger charge is -2.49. The summed E-state index contributed by atoms with van der Waals surface area (Å²) in [5, 5.41) is 16.9. The number of imide groups is 2. The van der Waals surface area contributed by atoms with E-state index in [-0.39, 0.29) is 35.8 Å². The first kappa shape index (κ1) is 35.6. The minimum absolute atomic E-state index is 0.0856. The maximum atomic E-state index is 15.3. The maximum Gasteiger partial charge on any atom is 0.242 e. The Balaban J connectivity index is 1.07. The predicted molar refractivity (Wildman–Crippen MR) is 219 cm³/mol. The van der Waals surface area contributed by atoms with Crippen LogP contribution in [0.25, 0.3) is 26.7 Å². The van der Waals surface area contributed by atoms with E-state index in [1.165, 1.54) is 9.80 Å². The summed E-state index contributed by atoms with van der Waals surface area (Å²) in [5.41, 5.74) is 4.10. The van der Waals surface area contributed by atoms with Crippen LogP contribution in [0.5, 0.6) is 11.5 Å². The molecule has 57 heavy (non-hydrogen) atoms. The molecule has 3 fully saturated rings. The molecule has 10 nitrogen and oxygen atoms in total. The molecule has 0 spiro atoms. The van der Waals surface area contributed by atoms with Crippen molar-refractivity contribution in [2.75, 3.05) is 9.80 Å². The quantitative estimate of drug-likeness (QED) is 0.140. The number of aryl methyl sites for hydroxylation is 2. The van der Waals surface area contributed by atoms with Gasteiger partial charge in [-0.2, -0.15) is 5.10 Å². The van der Waals surface area contributed by atoms with E-state index in [0.717, 1.165) is 42.8 Å². The summed E-state index contributed by atoms with van der Waals surface area (Å²) in [6.45, 7) is 7.68. The maximum absolute atomic E-state index is 15.3. The fourth-order valence-electron chi connectivity index (χ4n) is 10.3. The van der Waals surface area contributed by atoms with E-state index in [2.05, 4.69) is 6.58 Å². The van der Waals surface area contributed by atoms with Crippen molar-refractivity contribution in [1.82, 2.24) is 9.78 Å². The molecule has 0 radical (unpaired) electrons. The van der Waals surface area contributed by atoms with Gasteiger partial charge >= 0.3 is 0 Å². The van der Waals surface area contributed by atoms with Gasteiger partial charge in [0.1, 0.15) is 23.0 Å². The number of ether oxygens (including phenoxy) is 1. The third-order valence-electron chi connectivity index (χ3n) is 13.0. The van der Waals surface area contributed by atoms with Crippen LogP contribution in [-0.4, -0.2) is 38.5 Å². The number of rotatable bonds is 5. The number of aromatic nitrogens is 2.